The van der Waals surface area contributed by atoms with Gasteiger partial charge in [-0.25, -0.2) is 0 Å². The molecule has 8 nitrogen and oxygen atoms in total. The van der Waals surface area contributed by atoms with Gasteiger partial charge in [-0.1, -0.05) is 29.3 Å². The van der Waals surface area contributed by atoms with Crippen molar-refractivity contribution in [3.05, 3.63) is 57.3 Å². The molecule has 1 amide bonds. The van der Waals surface area contributed by atoms with Crippen molar-refractivity contribution in [1.29, 1.82) is 0 Å². The molecule has 1 N–H and O–H groups in total. The number of aliphatic hydroxyl groups is 1. The first kappa shape index (κ1) is 23.8. The van der Waals surface area contributed by atoms with Gasteiger partial charge < -0.3 is 24.2 Å². The number of Topliss-reactive ketones (excluding diaryl/α,β-unsaturated/α-hetero) is 1. The quantitative estimate of drug-likeness (QED) is 0.265. The molecule has 1 fully saturated rings. The molecule has 32 heavy (non-hydrogen) atoms. The highest BCUT2D eigenvalue weighted by Gasteiger charge is 2.46. The first-order valence-corrected chi connectivity index (χ1v) is 10.4. The Hall–Kier alpha value is -2.81. The van der Waals surface area contributed by atoms with Crippen molar-refractivity contribution in [3.63, 3.8) is 0 Å². The lowest BCUT2D eigenvalue weighted by Gasteiger charge is -2.25. The predicted octanol–water partition coefficient (Wildman–Crippen LogP) is 3.86. The Balaban J connectivity index is 2.23. The molecule has 1 aromatic carbocycles. The molecule has 0 bridgehead atoms. The van der Waals surface area contributed by atoms with Crippen LogP contribution >= 0.6 is 23.2 Å². The standard InChI is InChI=1S/C22H22Cl2N2O6/c1-30-9-5-8-26-17(12-6-4-7-25-11-12)15(19(28)22(26)29)18(27)13-10-14(23)21(32-3)16(24)20(13)31-2/h4,6-7,10-11,17,27H,5,8-9H2,1-3H3/b18-15+. The van der Waals surface area contributed by atoms with Gasteiger partial charge in [-0.05, 0) is 24.1 Å². The number of benzene rings is 1. The Bertz CT molecular complexity index is 1060. The first-order chi connectivity index (χ1) is 15.4. The molecule has 2 aromatic rings. The predicted molar refractivity (Wildman–Crippen MR) is 119 cm³/mol. The van der Waals surface area contributed by atoms with Gasteiger partial charge in [0.25, 0.3) is 11.7 Å². The van der Waals surface area contributed by atoms with Crippen molar-refractivity contribution in [1.82, 2.24) is 9.88 Å². The summed E-state index contributed by atoms with van der Waals surface area (Å²) >= 11 is 12.6. The van der Waals surface area contributed by atoms with Crippen LogP contribution in [-0.2, 0) is 14.3 Å². The zero-order valence-electron chi connectivity index (χ0n) is 17.7. The number of methoxy groups -OCH3 is 3. The van der Waals surface area contributed by atoms with Crippen LogP contribution in [0.5, 0.6) is 11.5 Å². The second-order valence-electron chi connectivity index (χ2n) is 6.91. The number of pyridine rings is 1. The maximum Gasteiger partial charge on any atom is 0.295 e. The Morgan fingerprint density at radius 2 is 1.91 bits per heavy atom. The van der Waals surface area contributed by atoms with Crippen LogP contribution in [0.3, 0.4) is 0 Å². The number of ether oxygens (including phenoxy) is 3. The molecular formula is C22H22Cl2N2O6. The lowest BCUT2D eigenvalue weighted by atomic mass is 9.96. The molecule has 1 unspecified atom stereocenters. The largest absolute Gasteiger partial charge is 0.507 e. The summed E-state index contributed by atoms with van der Waals surface area (Å²) in [6.45, 7) is 0.649. The van der Waals surface area contributed by atoms with Crippen molar-refractivity contribution in [2.75, 3.05) is 34.5 Å². The number of aromatic nitrogens is 1. The van der Waals surface area contributed by atoms with Gasteiger partial charge in [-0.2, -0.15) is 0 Å². The second kappa shape index (κ2) is 10.2. The molecular weight excluding hydrogens is 459 g/mol. The van der Waals surface area contributed by atoms with Gasteiger partial charge >= 0.3 is 0 Å². The summed E-state index contributed by atoms with van der Waals surface area (Å²) in [5, 5.41) is 11.4. The highest BCUT2D eigenvalue weighted by Crippen LogP contribution is 2.47. The van der Waals surface area contributed by atoms with E-state index in [1.807, 2.05) is 0 Å². The van der Waals surface area contributed by atoms with Crippen molar-refractivity contribution in [2.45, 2.75) is 12.5 Å². The summed E-state index contributed by atoms with van der Waals surface area (Å²) in [6, 6.07) is 3.93. The summed E-state index contributed by atoms with van der Waals surface area (Å²) in [6.07, 6.45) is 3.62. The van der Waals surface area contributed by atoms with E-state index in [0.717, 1.165) is 0 Å². The van der Waals surface area contributed by atoms with Gasteiger partial charge in [0.1, 0.15) is 10.8 Å². The van der Waals surface area contributed by atoms with Gasteiger partial charge in [0.05, 0.1) is 36.4 Å². The van der Waals surface area contributed by atoms with E-state index in [2.05, 4.69) is 4.98 Å². The number of nitrogens with zero attached hydrogens (tertiary/aromatic N) is 2. The maximum absolute atomic E-state index is 13.0. The van der Waals surface area contributed by atoms with Crippen LogP contribution in [0.25, 0.3) is 5.76 Å². The first-order valence-electron chi connectivity index (χ1n) is 9.64. The summed E-state index contributed by atoms with van der Waals surface area (Å²) in [4.78, 5) is 31.4. The highest BCUT2D eigenvalue weighted by atomic mass is 35.5. The number of amides is 1. The van der Waals surface area contributed by atoms with Crippen molar-refractivity contribution in [3.8, 4) is 11.5 Å². The van der Waals surface area contributed by atoms with Crippen molar-refractivity contribution < 1.29 is 28.9 Å². The van der Waals surface area contributed by atoms with E-state index in [4.69, 9.17) is 37.4 Å². The van der Waals surface area contributed by atoms with Crippen LogP contribution in [-0.4, -0.2) is 61.2 Å². The highest BCUT2D eigenvalue weighted by molar-refractivity contribution is 6.47. The number of carbonyl (C=O) groups is 2. The molecule has 10 heteroatoms. The van der Waals surface area contributed by atoms with Gasteiger partial charge in [0.15, 0.2) is 11.5 Å². The molecule has 1 aliphatic rings. The summed E-state index contributed by atoms with van der Waals surface area (Å²) in [7, 11) is 4.30. The summed E-state index contributed by atoms with van der Waals surface area (Å²) in [5.74, 6) is -1.82. The molecule has 0 aliphatic carbocycles. The van der Waals surface area contributed by atoms with Crippen LogP contribution in [0, 0.1) is 0 Å². The van der Waals surface area contributed by atoms with E-state index in [9.17, 15) is 14.7 Å². The lowest BCUT2D eigenvalue weighted by molar-refractivity contribution is -0.140. The Labute approximate surface area is 195 Å². The van der Waals surface area contributed by atoms with Crippen LogP contribution in [0.4, 0.5) is 0 Å². The Kier molecular flexibility index (Phi) is 7.60. The van der Waals surface area contributed by atoms with Crippen molar-refractivity contribution in [2.24, 2.45) is 0 Å². The smallest absolute Gasteiger partial charge is 0.295 e. The van der Waals surface area contributed by atoms with Crippen LogP contribution in [0.15, 0.2) is 36.2 Å². The van der Waals surface area contributed by atoms with Gasteiger partial charge in [-0.15, -0.1) is 0 Å². The molecule has 0 saturated carbocycles. The normalized spacial score (nSPS) is 17.7. The lowest BCUT2D eigenvalue weighted by Crippen LogP contribution is -2.31. The second-order valence-corrected chi connectivity index (χ2v) is 7.70. The number of hydrogen-bond acceptors (Lipinski definition) is 7. The summed E-state index contributed by atoms with van der Waals surface area (Å²) in [5.41, 5.74) is 0.512. The molecule has 0 spiro atoms. The number of aliphatic hydroxyl groups excluding tert-OH is 1. The SMILES string of the molecule is COCCCN1C(=O)C(=O)/C(=C(/O)c2cc(Cl)c(OC)c(Cl)c2OC)C1c1cccnc1. The third kappa shape index (κ3) is 4.26. The van der Waals surface area contributed by atoms with Crippen LogP contribution in [0.1, 0.15) is 23.6 Å². The average molecular weight is 481 g/mol. The summed E-state index contributed by atoms with van der Waals surface area (Å²) < 4.78 is 15.6. The molecule has 1 aromatic heterocycles. The fraction of sp³-hybridized carbons (Fsp3) is 0.318. The third-order valence-corrected chi connectivity index (χ3v) is 5.71. The van der Waals surface area contributed by atoms with Crippen LogP contribution in [0.2, 0.25) is 10.0 Å². The zero-order chi connectivity index (χ0) is 23.4. The Morgan fingerprint density at radius 3 is 2.50 bits per heavy atom. The van der Waals surface area contributed by atoms with E-state index in [0.29, 0.717) is 18.6 Å². The van der Waals surface area contributed by atoms with E-state index in [1.165, 1.54) is 25.2 Å². The van der Waals surface area contributed by atoms with Gasteiger partial charge in [-0.3, -0.25) is 14.6 Å². The third-order valence-electron chi connectivity index (χ3n) is 5.08. The van der Waals surface area contributed by atoms with Crippen LogP contribution < -0.4 is 9.47 Å². The van der Waals surface area contributed by atoms with E-state index in [1.54, 1.807) is 31.6 Å². The molecule has 0 radical (unpaired) electrons. The Morgan fingerprint density at radius 1 is 1.19 bits per heavy atom. The van der Waals surface area contributed by atoms with Crippen molar-refractivity contribution >= 4 is 40.7 Å². The van der Waals surface area contributed by atoms with Gasteiger partial charge in [0, 0.05) is 32.7 Å². The minimum absolute atomic E-state index is 0.0244. The molecule has 3 rings (SSSR count). The monoisotopic (exact) mass is 480 g/mol. The molecule has 1 aliphatic heterocycles. The zero-order valence-corrected chi connectivity index (χ0v) is 19.2. The molecule has 170 valence electrons. The topological polar surface area (TPSA) is 98.2 Å². The maximum atomic E-state index is 13.0. The van der Waals surface area contributed by atoms with Gasteiger partial charge in [0.2, 0.25) is 0 Å². The fourth-order valence-corrected chi connectivity index (χ4v) is 4.35. The fourth-order valence-electron chi connectivity index (χ4n) is 3.67. The number of halogens is 2. The number of carbonyl (C=O) groups excluding carboxylic acids is 2. The average Bonchev–Trinajstić information content (AvgIpc) is 3.04. The van der Waals surface area contributed by atoms with E-state index < -0.39 is 23.5 Å². The molecule has 1 atom stereocenters. The number of hydrogen-bond donors (Lipinski definition) is 1. The van der Waals surface area contributed by atoms with E-state index >= 15 is 0 Å². The van der Waals surface area contributed by atoms with E-state index in [-0.39, 0.29) is 39.2 Å². The number of ketones is 1. The molecule has 2 heterocycles. The molecule has 1 saturated heterocycles. The number of likely N-dealkylation sites (tertiary alicyclic amines) is 1. The minimum atomic E-state index is -0.857. The minimum Gasteiger partial charge on any atom is -0.507 e. The number of rotatable bonds is 8.